The molecule has 0 aliphatic heterocycles. The number of hydrogen-bond acceptors (Lipinski definition) is 5. The van der Waals surface area contributed by atoms with E-state index in [1.54, 1.807) is 6.92 Å². The third-order valence-electron chi connectivity index (χ3n) is 2.10. The van der Waals surface area contributed by atoms with Crippen molar-refractivity contribution in [1.82, 2.24) is 0 Å². The normalized spacial score (nSPS) is 11.8. The Morgan fingerprint density at radius 2 is 2.12 bits per heavy atom. The molecule has 0 atom stereocenters. The highest BCUT2D eigenvalue weighted by atomic mass is 32.2. The molecule has 0 aliphatic rings. The van der Waals surface area contributed by atoms with Crippen LogP contribution < -0.4 is 5.14 Å². The van der Waals surface area contributed by atoms with E-state index in [0.717, 1.165) is 11.3 Å². The lowest BCUT2D eigenvalue weighted by molar-refractivity contribution is 0.0530. The van der Waals surface area contributed by atoms with Crippen molar-refractivity contribution in [2.45, 2.75) is 30.9 Å². The highest BCUT2D eigenvalue weighted by Crippen LogP contribution is 2.31. The summed E-state index contributed by atoms with van der Waals surface area (Å²) >= 11 is 0.855. The summed E-state index contributed by atoms with van der Waals surface area (Å²) in [5.74, 6) is -0.475. The lowest BCUT2D eigenvalue weighted by atomic mass is 10.0. The number of primary sulfonamides is 1. The van der Waals surface area contributed by atoms with Crippen LogP contribution in [0.1, 0.15) is 41.9 Å². The van der Waals surface area contributed by atoms with Gasteiger partial charge in [-0.25, -0.2) is 18.4 Å². The van der Waals surface area contributed by atoms with E-state index in [2.05, 4.69) is 0 Å². The van der Waals surface area contributed by atoms with E-state index >= 15 is 0 Å². The van der Waals surface area contributed by atoms with Gasteiger partial charge in [-0.2, -0.15) is 0 Å². The van der Waals surface area contributed by atoms with E-state index in [-0.39, 0.29) is 16.7 Å². The Morgan fingerprint density at radius 3 is 2.53 bits per heavy atom. The number of esters is 1. The third kappa shape index (κ3) is 3.27. The minimum absolute atomic E-state index is 0.00995. The second-order valence-electron chi connectivity index (χ2n) is 3.77. The first-order valence-corrected chi connectivity index (χ1v) is 7.47. The average molecular weight is 277 g/mol. The summed E-state index contributed by atoms with van der Waals surface area (Å²) < 4.78 is 27.3. The maximum absolute atomic E-state index is 11.7. The Bertz CT molecular complexity index is 516. The first kappa shape index (κ1) is 14.1. The van der Waals surface area contributed by atoms with Gasteiger partial charge in [-0.1, -0.05) is 13.8 Å². The Balaban J connectivity index is 3.29. The fourth-order valence-corrected chi connectivity index (χ4v) is 3.25. The fourth-order valence-electron chi connectivity index (χ4n) is 1.31. The van der Waals surface area contributed by atoms with E-state index in [4.69, 9.17) is 9.88 Å². The molecule has 2 N–H and O–H groups in total. The first-order chi connectivity index (χ1) is 7.77. The highest BCUT2D eigenvalue weighted by Gasteiger charge is 2.23. The van der Waals surface area contributed by atoms with Crippen molar-refractivity contribution in [3.63, 3.8) is 0 Å². The summed E-state index contributed by atoms with van der Waals surface area (Å²) in [6.45, 7) is 5.69. The van der Waals surface area contributed by atoms with Gasteiger partial charge < -0.3 is 4.74 Å². The van der Waals surface area contributed by atoms with Gasteiger partial charge in [-0.15, -0.1) is 11.3 Å². The molecule has 7 heteroatoms. The van der Waals surface area contributed by atoms with Crippen LogP contribution >= 0.6 is 11.3 Å². The molecule has 0 saturated carbocycles. The Labute approximate surface area is 105 Å². The molecule has 5 nitrogen and oxygen atoms in total. The molecule has 1 heterocycles. The zero-order valence-electron chi connectivity index (χ0n) is 9.89. The minimum Gasteiger partial charge on any atom is -0.462 e. The molecule has 0 bridgehead atoms. The zero-order valence-corrected chi connectivity index (χ0v) is 11.5. The molecule has 1 rings (SSSR count). The predicted octanol–water partition coefficient (Wildman–Crippen LogP) is 1.70. The lowest BCUT2D eigenvalue weighted by Gasteiger charge is -2.05. The van der Waals surface area contributed by atoms with Gasteiger partial charge >= 0.3 is 5.97 Å². The minimum atomic E-state index is -3.78. The molecule has 0 saturated heterocycles. The molecule has 0 spiro atoms. The van der Waals surface area contributed by atoms with Crippen LogP contribution in [0.15, 0.2) is 10.3 Å². The molecule has 1 aromatic heterocycles. The Morgan fingerprint density at radius 1 is 1.53 bits per heavy atom. The number of ether oxygens (including phenoxy) is 1. The van der Waals surface area contributed by atoms with E-state index in [0.29, 0.717) is 10.4 Å². The average Bonchev–Trinajstić information content (AvgIpc) is 2.61. The van der Waals surface area contributed by atoms with Crippen LogP contribution in [0, 0.1) is 0 Å². The van der Waals surface area contributed by atoms with Crippen molar-refractivity contribution in [3.8, 4) is 0 Å². The topological polar surface area (TPSA) is 86.5 Å². The molecule has 0 radical (unpaired) electrons. The van der Waals surface area contributed by atoms with Gasteiger partial charge in [-0.3, -0.25) is 0 Å². The molecule has 17 heavy (non-hydrogen) atoms. The van der Waals surface area contributed by atoms with Crippen LogP contribution in [-0.2, 0) is 14.8 Å². The predicted molar refractivity (Wildman–Crippen MR) is 65.7 cm³/mol. The molecule has 0 aliphatic carbocycles. The number of carbonyl (C=O) groups excluding carboxylic acids is 1. The zero-order chi connectivity index (χ0) is 13.2. The molecular formula is C10H15NO4S2. The Hall–Kier alpha value is -0.920. The van der Waals surface area contributed by atoms with Crippen LogP contribution in [0.4, 0.5) is 0 Å². The number of hydrogen-bond donors (Lipinski definition) is 1. The fraction of sp³-hybridized carbons (Fsp3) is 0.500. The summed E-state index contributed by atoms with van der Waals surface area (Å²) in [6, 6.07) is 1.44. The van der Waals surface area contributed by atoms with Gasteiger partial charge in [0.25, 0.3) is 0 Å². The summed E-state index contributed by atoms with van der Waals surface area (Å²) in [5.41, 5.74) is 0.650. The van der Waals surface area contributed by atoms with Gasteiger partial charge in [0.05, 0.1) is 6.61 Å². The van der Waals surface area contributed by atoms with E-state index in [1.165, 1.54) is 6.07 Å². The molecule has 0 unspecified atom stereocenters. The SMILES string of the molecule is CCOC(=O)c1sc(S(N)(=O)=O)cc1C(C)C. The Kier molecular flexibility index (Phi) is 4.29. The maximum Gasteiger partial charge on any atom is 0.348 e. The van der Waals surface area contributed by atoms with Crippen molar-refractivity contribution in [2.24, 2.45) is 5.14 Å². The maximum atomic E-state index is 11.7. The van der Waals surface area contributed by atoms with Crippen LogP contribution in [0.5, 0.6) is 0 Å². The van der Waals surface area contributed by atoms with E-state index in [1.807, 2.05) is 13.8 Å². The van der Waals surface area contributed by atoms with Crippen molar-refractivity contribution in [3.05, 3.63) is 16.5 Å². The summed E-state index contributed by atoms with van der Waals surface area (Å²) in [7, 11) is -3.78. The molecule has 0 fully saturated rings. The molecule has 1 aromatic rings. The highest BCUT2D eigenvalue weighted by molar-refractivity contribution is 7.91. The largest absolute Gasteiger partial charge is 0.462 e. The van der Waals surface area contributed by atoms with Gasteiger partial charge in [0, 0.05) is 0 Å². The molecule has 0 amide bonds. The number of sulfonamides is 1. The van der Waals surface area contributed by atoms with Crippen molar-refractivity contribution in [1.29, 1.82) is 0 Å². The van der Waals surface area contributed by atoms with Crippen LogP contribution in [0.2, 0.25) is 0 Å². The van der Waals surface area contributed by atoms with Crippen LogP contribution in [-0.4, -0.2) is 21.0 Å². The third-order valence-corrected chi connectivity index (χ3v) is 4.65. The second kappa shape index (κ2) is 5.16. The van der Waals surface area contributed by atoms with Crippen molar-refractivity contribution < 1.29 is 17.9 Å². The number of nitrogens with two attached hydrogens (primary N) is 1. The smallest absolute Gasteiger partial charge is 0.348 e. The number of rotatable bonds is 4. The number of carbonyl (C=O) groups is 1. The van der Waals surface area contributed by atoms with Gasteiger partial charge in [0.15, 0.2) is 0 Å². The first-order valence-electron chi connectivity index (χ1n) is 5.11. The molecule has 0 aromatic carbocycles. The van der Waals surface area contributed by atoms with Gasteiger partial charge in [-0.05, 0) is 24.5 Å². The van der Waals surface area contributed by atoms with Crippen molar-refractivity contribution >= 4 is 27.3 Å². The molecule has 96 valence electrons. The monoisotopic (exact) mass is 277 g/mol. The quantitative estimate of drug-likeness (QED) is 0.848. The summed E-state index contributed by atoms with van der Waals surface area (Å²) in [4.78, 5) is 12.0. The number of thiophene rings is 1. The second-order valence-corrected chi connectivity index (χ2v) is 6.61. The summed E-state index contributed by atoms with van der Waals surface area (Å²) in [6.07, 6.45) is 0. The van der Waals surface area contributed by atoms with Crippen LogP contribution in [0.3, 0.4) is 0 Å². The van der Waals surface area contributed by atoms with E-state index < -0.39 is 16.0 Å². The molecular weight excluding hydrogens is 262 g/mol. The van der Waals surface area contributed by atoms with E-state index in [9.17, 15) is 13.2 Å². The van der Waals surface area contributed by atoms with Crippen LogP contribution in [0.25, 0.3) is 0 Å². The van der Waals surface area contributed by atoms with Gasteiger partial charge in [0.2, 0.25) is 10.0 Å². The summed E-state index contributed by atoms with van der Waals surface area (Å²) in [5, 5.41) is 5.04. The standard InChI is InChI=1S/C10H15NO4S2/c1-4-15-10(12)9-7(6(2)3)5-8(16-9)17(11,13)14/h5-6H,4H2,1-3H3,(H2,11,13,14). The lowest BCUT2D eigenvalue weighted by Crippen LogP contribution is -2.10. The van der Waals surface area contributed by atoms with Gasteiger partial charge in [0.1, 0.15) is 9.09 Å². The van der Waals surface area contributed by atoms with Crippen molar-refractivity contribution in [2.75, 3.05) is 6.61 Å².